The van der Waals surface area contributed by atoms with E-state index in [0.29, 0.717) is 37.1 Å². The van der Waals surface area contributed by atoms with Crippen molar-refractivity contribution in [3.05, 3.63) is 65.7 Å². The molecular formula is C21H25N3O4S. The van der Waals surface area contributed by atoms with Gasteiger partial charge < -0.3 is 15.5 Å². The van der Waals surface area contributed by atoms with Crippen molar-refractivity contribution in [1.82, 2.24) is 10.2 Å². The van der Waals surface area contributed by atoms with E-state index in [9.17, 15) is 18.0 Å². The minimum atomic E-state index is -3.16. The maximum absolute atomic E-state index is 12.5. The molecule has 0 saturated carbocycles. The first-order chi connectivity index (χ1) is 13.8. The molecule has 3 rings (SSSR count). The highest BCUT2D eigenvalue weighted by Crippen LogP contribution is 2.15. The number of amides is 3. The smallest absolute Gasteiger partial charge is 0.321 e. The summed E-state index contributed by atoms with van der Waals surface area (Å²) in [6.45, 7) is 1.11. The van der Waals surface area contributed by atoms with Crippen LogP contribution in [0.3, 0.4) is 0 Å². The average Bonchev–Trinajstić information content (AvgIpc) is 2.68. The number of hydrogen-bond acceptors (Lipinski definition) is 4. The summed E-state index contributed by atoms with van der Waals surface area (Å²) in [5.74, 6) is -0.323. The van der Waals surface area contributed by atoms with Gasteiger partial charge in [0, 0.05) is 36.6 Å². The quantitative estimate of drug-likeness (QED) is 0.785. The van der Waals surface area contributed by atoms with Crippen LogP contribution in [-0.4, -0.2) is 50.6 Å². The van der Waals surface area contributed by atoms with Crippen LogP contribution in [0.25, 0.3) is 0 Å². The van der Waals surface area contributed by atoms with E-state index < -0.39 is 9.84 Å². The highest BCUT2D eigenvalue weighted by Gasteiger charge is 2.24. The zero-order chi connectivity index (χ0) is 20.9. The average molecular weight is 416 g/mol. The molecule has 2 aromatic rings. The van der Waals surface area contributed by atoms with Crippen LogP contribution in [0.4, 0.5) is 10.5 Å². The molecule has 1 aliphatic rings. The topological polar surface area (TPSA) is 95.6 Å². The predicted octanol–water partition coefficient (Wildman–Crippen LogP) is 2.66. The highest BCUT2D eigenvalue weighted by atomic mass is 32.2. The summed E-state index contributed by atoms with van der Waals surface area (Å²) in [6.07, 6.45) is 2.50. The number of rotatable bonds is 5. The van der Waals surface area contributed by atoms with Crippen molar-refractivity contribution in [2.45, 2.75) is 24.6 Å². The Labute approximate surface area is 171 Å². The summed E-state index contributed by atoms with van der Waals surface area (Å²) in [6, 6.07) is 15.8. The molecule has 3 amide bonds. The van der Waals surface area contributed by atoms with E-state index in [1.165, 1.54) is 6.26 Å². The van der Waals surface area contributed by atoms with Gasteiger partial charge in [-0.15, -0.1) is 0 Å². The molecule has 2 N–H and O–H groups in total. The Kier molecular flexibility index (Phi) is 6.53. The lowest BCUT2D eigenvalue weighted by molar-refractivity contribution is 0.0919. The van der Waals surface area contributed by atoms with Crippen molar-refractivity contribution in [1.29, 1.82) is 0 Å². The van der Waals surface area contributed by atoms with Gasteiger partial charge in [-0.25, -0.2) is 13.2 Å². The number of para-hydroxylation sites is 1. The summed E-state index contributed by atoms with van der Waals surface area (Å²) in [5.41, 5.74) is 1.78. The molecule has 1 heterocycles. The van der Waals surface area contributed by atoms with Crippen LogP contribution in [0.1, 0.15) is 28.8 Å². The van der Waals surface area contributed by atoms with E-state index in [1.54, 1.807) is 29.2 Å². The summed E-state index contributed by atoms with van der Waals surface area (Å²) in [5, 5.41) is 5.86. The number of piperidine rings is 1. The van der Waals surface area contributed by atoms with Crippen LogP contribution >= 0.6 is 0 Å². The van der Waals surface area contributed by atoms with Crippen LogP contribution in [0, 0.1) is 0 Å². The Morgan fingerprint density at radius 2 is 1.72 bits per heavy atom. The zero-order valence-corrected chi connectivity index (χ0v) is 17.1. The van der Waals surface area contributed by atoms with Crippen LogP contribution in [0.5, 0.6) is 0 Å². The minimum absolute atomic E-state index is 0.0261. The fraction of sp³-hybridized carbons (Fsp3) is 0.333. The first-order valence-corrected chi connectivity index (χ1v) is 11.5. The van der Waals surface area contributed by atoms with Crippen molar-refractivity contribution in [2.24, 2.45) is 0 Å². The predicted molar refractivity (Wildman–Crippen MR) is 113 cm³/mol. The van der Waals surface area contributed by atoms with Crippen molar-refractivity contribution in [3.8, 4) is 0 Å². The molecule has 29 heavy (non-hydrogen) atoms. The molecule has 0 atom stereocenters. The number of urea groups is 1. The van der Waals surface area contributed by atoms with Gasteiger partial charge in [0.15, 0.2) is 9.84 Å². The molecule has 1 fully saturated rings. The third-order valence-electron chi connectivity index (χ3n) is 4.76. The Bertz CT molecular complexity index is 968. The van der Waals surface area contributed by atoms with E-state index in [0.717, 1.165) is 5.69 Å². The molecule has 0 aliphatic carbocycles. The summed E-state index contributed by atoms with van der Waals surface area (Å²) in [4.78, 5) is 26.6. The summed E-state index contributed by atoms with van der Waals surface area (Å²) in [7, 11) is -3.16. The number of sulfone groups is 1. The van der Waals surface area contributed by atoms with E-state index >= 15 is 0 Å². The lowest BCUT2D eigenvalue weighted by Crippen LogP contribution is -2.47. The normalized spacial score (nSPS) is 15.0. The molecular weight excluding hydrogens is 390 g/mol. The fourth-order valence-electron chi connectivity index (χ4n) is 3.32. The molecule has 0 spiro atoms. The van der Waals surface area contributed by atoms with Gasteiger partial charge in [0.2, 0.25) is 0 Å². The number of likely N-dealkylation sites (tertiary alicyclic amines) is 1. The maximum atomic E-state index is 12.5. The molecule has 1 aliphatic heterocycles. The second kappa shape index (κ2) is 9.09. The first kappa shape index (κ1) is 20.9. The highest BCUT2D eigenvalue weighted by molar-refractivity contribution is 7.89. The summed E-state index contributed by atoms with van der Waals surface area (Å²) < 4.78 is 22.9. The second-order valence-corrected chi connectivity index (χ2v) is 9.44. The van der Waals surface area contributed by atoms with Gasteiger partial charge in [-0.3, -0.25) is 4.79 Å². The number of carbonyl (C=O) groups excluding carboxylic acids is 2. The lowest BCUT2D eigenvalue weighted by Gasteiger charge is -2.32. The maximum Gasteiger partial charge on any atom is 0.321 e. The zero-order valence-electron chi connectivity index (χ0n) is 16.3. The van der Waals surface area contributed by atoms with E-state index in [2.05, 4.69) is 10.6 Å². The summed E-state index contributed by atoms with van der Waals surface area (Å²) >= 11 is 0. The van der Waals surface area contributed by atoms with Gasteiger partial charge in [-0.05, 0) is 42.7 Å². The standard InChI is InChI=1S/C21H25N3O4S/c1-29(27,28)15-16-6-5-7-17(14-16)20(25)22-19-10-12-24(13-11-19)21(26)23-18-8-3-2-4-9-18/h2-9,14,19H,10-13,15H2,1H3,(H,22,25)(H,23,26). The minimum Gasteiger partial charge on any atom is -0.349 e. The number of hydrogen-bond donors (Lipinski definition) is 2. The Balaban J connectivity index is 1.51. The largest absolute Gasteiger partial charge is 0.349 e. The van der Waals surface area contributed by atoms with Crippen molar-refractivity contribution < 1.29 is 18.0 Å². The number of nitrogens with one attached hydrogen (secondary N) is 2. The van der Waals surface area contributed by atoms with Crippen molar-refractivity contribution >= 4 is 27.5 Å². The Hall–Kier alpha value is -2.87. The number of carbonyl (C=O) groups is 2. The molecule has 0 bridgehead atoms. The van der Waals surface area contributed by atoms with Crippen LogP contribution in [-0.2, 0) is 15.6 Å². The van der Waals surface area contributed by atoms with Gasteiger partial charge in [-0.1, -0.05) is 30.3 Å². The van der Waals surface area contributed by atoms with E-state index in [1.807, 2.05) is 30.3 Å². The molecule has 7 nitrogen and oxygen atoms in total. The lowest BCUT2D eigenvalue weighted by atomic mass is 10.0. The van der Waals surface area contributed by atoms with Crippen molar-refractivity contribution in [3.63, 3.8) is 0 Å². The van der Waals surface area contributed by atoms with Crippen LogP contribution in [0.15, 0.2) is 54.6 Å². The van der Waals surface area contributed by atoms with Gasteiger partial charge in [0.25, 0.3) is 5.91 Å². The Morgan fingerprint density at radius 3 is 2.38 bits per heavy atom. The molecule has 154 valence electrons. The van der Waals surface area contributed by atoms with Gasteiger partial charge >= 0.3 is 6.03 Å². The third-order valence-corrected chi connectivity index (χ3v) is 5.62. The number of nitrogens with zero attached hydrogens (tertiary/aromatic N) is 1. The Morgan fingerprint density at radius 1 is 1.03 bits per heavy atom. The molecule has 0 radical (unpaired) electrons. The van der Waals surface area contributed by atoms with Gasteiger partial charge in [-0.2, -0.15) is 0 Å². The number of benzene rings is 2. The van der Waals surface area contributed by atoms with Gasteiger partial charge in [0.1, 0.15) is 0 Å². The fourth-order valence-corrected chi connectivity index (χ4v) is 4.11. The van der Waals surface area contributed by atoms with Gasteiger partial charge in [0.05, 0.1) is 5.75 Å². The third kappa shape index (κ3) is 6.32. The SMILES string of the molecule is CS(=O)(=O)Cc1cccc(C(=O)NC2CCN(C(=O)Nc3ccccc3)CC2)c1. The molecule has 1 saturated heterocycles. The molecule has 0 unspecified atom stereocenters. The van der Waals surface area contributed by atoms with E-state index in [4.69, 9.17) is 0 Å². The molecule has 8 heteroatoms. The van der Waals surface area contributed by atoms with E-state index in [-0.39, 0.29) is 23.7 Å². The van der Waals surface area contributed by atoms with Crippen LogP contribution < -0.4 is 10.6 Å². The van der Waals surface area contributed by atoms with Crippen molar-refractivity contribution in [2.75, 3.05) is 24.7 Å². The first-order valence-electron chi connectivity index (χ1n) is 9.49. The number of anilines is 1. The molecule has 2 aromatic carbocycles. The monoisotopic (exact) mass is 415 g/mol. The molecule has 0 aromatic heterocycles. The van der Waals surface area contributed by atoms with Crippen LogP contribution in [0.2, 0.25) is 0 Å². The second-order valence-electron chi connectivity index (χ2n) is 7.30.